The van der Waals surface area contributed by atoms with E-state index in [0.29, 0.717) is 23.9 Å². The van der Waals surface area contributed by atoms with Crippen molar-refractivity contribution in [2.75, 3.05) is 47.5 Å². The third-order valence-corrected chi connectivity index (χ3v) is 8.95. The molecular weight excluding hydrogens is 701 g/mol. The van der Waals surface area contributed by atoms with Gasteiger partial charge in [0, 0.05) is 12.8 Å². The largest absolute Gasteiger partial charge is 0.472 e. The van der Waals surface area contributed by atoms with E-state index in [1.165, 1.54) is 25.7 Å². The van der Waals surface area contributed by atoms with Crippen LogP contribution in [-0.4, -0.2) is 74.9 Å². The normalized spacial score (nSPS) is 14.6. The Morgan fingerprint density at radius 2 is 1.15 bits per heavy atom. The van der Waals surface area contributed by atoms with Gasteiger partial charge in [0.05, 0.1) is 27.7 Å². The van der Waals surface area contributed by atoms with Crippen LogP contribution in [0.2, 0.25) is 0 Å². The molecule has 0 saturated carbocycles. The van der Waals surface area contributed by atoms with Gasteiger partial charge in [0.25, 0.3) is 0 Å². The van der Waals surface area contributed by atoms with Crippen LogP contribution in [0.15, 0.2) is 85.1 Å². The average Bonchev–Trinajstić information content (AvgIpc) is 3.12. The summed E-state index contributed by atoms with van der Waals surface area (Å²) in [6.45, 7) is 4.13. The lowest BCUT2D eigenvalue weighted by atomic mass is 10.1. The number of quaternary nitrogens is 1. The minimum atomic E-state index is -4.39. The molecule has 0 fully saturated rings. The Morgan fingerprint density at radius 3 is 1.78 bits per heavy atom. The summed E-state index contributed by atoms with van der Waals surface area (Å²) in [6.07, 6.45) is 45.0. The minimum Gasteiger partial charge on any atom is -0.462 e. The number of allylic oxidation sites excluding steroid dienone is 14. The number of phosphoric ester groups is 1. The summed E-state index contributed by atoms with van der Waals surface area (Å²) in [7, 11) is 1.41. The first-order valence-corrected chi connectivity index (χ1v) is 21.8. The van der Waals surface area contributed by atoms with Gasteiger partial charge in [-0.05, 0) is 70.6 Å². The zero-order valence-corrected chi connectivity index (χ0v) is 35.3. The standard InChI is InChI=1S/C44H74NO8P/c1-6-8-10-12-14-16-18-20-21-22-23-25-26-28-30-32-34-36-43(46)50-40-42(41-52-54(48,49)51-39-38-45(3,4)5)53-44(47)37-35-33-31-29-27-24-19-17-15-13-11-9-7-2/h9,11,13-17,19-21,23,25,28,30,42H,6-8,10,12,18,22,24,26-27,29,31-41H2,1-5H3/p+1/b11-9+,15-13+,16-14+,19-17+,21-20+,25-23+,30-28+. The van der Waals surface area contributed by atoms with Crippen molar-refractivity contribution in [3.05, 3.63) is 85.1 Å². The third-order valence-electron chi connectivity index (χ3n) is 7.97. The number of carbonyl (C=O) groups is 2. The van der Waals surface area contributed by atoms with E-state index in [0.717, 1.165) is 64.2 Å². The van der Waals surface area contributed by atoms with Crippen LogP contribution in [0.25, 0.3) is 0 Å². The Bertz CT molecular complexity index is 1200. The van der Waals surface area contributed by atoms with Crippen LogP contribution in [0.4, 0.5) is 0 Å². The van der Waals surface area contributed by atoms with E-state index in [1.807, 2.05) is 39.4 Å². The van der Waals surface area contributed by atoms with Gasteiger partial charge in [-0.25, -0.2) is 4.57 Å². The highest BCUT2D eigenvalue weighted by molar-refractivity contribution is 7.47. The molecule has 0 aromatic carbocycles. The van der Waals surface area contributed by atoms with E-state index in [-0.39, 0.29) is 26.1 Å². The minimum absolute atomic E-state index is 0.0140. The van der Waals surface area contributed by atoms with Crippen molar-refractivity contribution in [2.24, 2.45) is 0 Å². The maximum absolute atomic E-state index is 12.6. The molecule has 1 N–H and O–H groups in total. The first-order valence-electron chi connectivity index (χ1n) is 20.3. The number of rotatable bonds is 35. The average molecular weight is 777 g/mol. The number of ether oxygens (including phenoxy) is 2. The van der Waals surface area contributed by atoms with Crippen LogP contribution < -0.4 is 0 Å². The van der Waals surface area contributed by atoms with Crippen molar-refractivity contribution in [3.63, 3.8) is 0 Å². The highest BCUT2D eigenvalue weighted by atomic mass is 31.2. The van der Waals surface area contributed by atoms with Crippen molar-refractivity contribution in [3.8, 4) is 0 Å². The van der Waals surface area contributed by atoms with Gasteiger partial charge in [0.2, 0.25) is 0 Å². The third kappa shape index (κ3) is 38.9. The van der Waals surface area contributed by atoms with Gasteiger partial charge in [-0.2, -0.15) is 0 Å². The fourth-order valence-electron chi connectivity index (χ4n) is 4.77. The van der Waals surface area contributed by atoms with Crippen LogP contribution in [0.3, 0.4) is 0 Å². The molecule has 0 aliphatic rings. The summed E-state index contributed by atoms with van der Waals surface area (Å²) in [4.78, 5) is 35.2. The number of hydrogen-bond donors (Lipinski definition) is 1. The Balaban J connectivity index is 4.55. The molecule has 9 nitrogen and oxygen atoms in total. The van der Waals surface area contributed by atoms with Crippen LogP contribution >= 0.6 is 7.82 Å². The molecule has 0 aliphatic heterocycles. The molecule has 0 rings (SSSR count). The van der Waals surface area contributed by atoms with Crippen LogP contribution in [-0.2, 0) is 32.7 Å². The molecule has 2 unspecified atom stereocenters. The van der Waals surface area contributed by atoms with Gasteiger partial charge in [-0.3, -0.25) is 18.6 Å². The maximum atomic E-state index is 12.6. The monoisotopic (exact) mass is 777 g/mol. The number of carbonyl (C=O) groups excluding carboxylic acids is 2. The molecule has 308 valence electrons. The summed E-state index contributed by atoms with van der Waals surface area (Å²) in [6, 6.07) is 0. The number of phosphoric acid groups is 1. The molecule has 0 heterocycles. The smallest absolute Gasteiger partial charge is 0.462 e. The first-order chi connectivity index (χ1) is 26.0. The lowest BCUT2D eigenvalue weighted by Gasteiger charge is -2.24. The van der Waals surface area contributed by atoms with Crippen molar-refractivity contribution in [1.29, 1.82) is 0 Å². The molecule has 54 heavy (non-hydrogen) atoms. The van der Waals surface area contributed by atoms with Crippen LogP contribution in [0, 0.1) is 0 Å². The number of unbranched alkanes of at least 4 members (excludes halogenated alkanes) is 9. The van der Waals surface area contributed by atoms with E-state index in [2.05, 4.69) is 80.7 Å². The first kappa shape index (κ1) is 51.2. The second-order valence-electron chi connectivity index (χ2n) is 14.3. The second-order valence-corrected chi connectivity index (χ2v) is 15.8. The van der Waals surface area contributed by atoms with Crippen molar-refractivity contribution >= 4 is 19.8 Å². The van der Waals surface area contributed by atoms with Crippen molar-refractivity contribution in [2.45, 2.75) is 136 Å². The Kier molecular flexibility index (Phi) is 34.0. The highest BCUT2D eigenvalue weighted by Gasteiger charge is 2.27. The summed E-state index contributed by atoms with van der Waals surface area (Å²) in [5.41, 5.74) is 0. The number of hydrogen-bond acceptors (Lipinski definition) is 7. The fraction of sp³-hybridized carbons (Fsp3) is 0.636. The van der Waals surface area contributed by atoms with Gasteiger partial charge >= 0.3 is 19.8 Å². The quantitative estimate of drug-likeness (QED) is 0.0169. The summed E-state index contributed by atoms with van der Waals surface area (Å²) in [5, 5.41) is 0. The lowest BCUT2D eigenvalue weighted by molar-refractivity contribution is -0.870. The zero-order chi connectivity index (χ0) is 40.0. The van der Waals surface area contributed by atoms with Gasteiger partial charge in [0.15, 0.2) is 6.10 Å². The Hall–Kier alpha value is -2.81. The van der Waals surface area contributed by atoms with E-state index < -0.39 is 32.5 Å². The topological polar surface area (TPSA) is 108 Å². The number of esters is 2. The molecule has 0 bridgehead atoms. The van der Waals surface area contributed by atoms with E-state index >= 15 is 0 Å². The molecule has 0 radical (unpaired) electrons. The molecule has 10 heteroatoms. The van der Waals surface area contributed by atoms with Gasteiger partial charge < -0.3 is 18.9 Å². The summed E-state index contributed by atoms with van der Waals surface area (Å²) >= 11 is 0. The number of nitrogens with zero attached hydrogens (tertiary/aromatic N) is 1. The molecule has 0 saturated heterocycles. The van der Waals surface area contributed by atoms with E-state index in [1.54, 1.807) is 0 Å². The predicted octanol–water partition coefficient (Wildman–Crippen LogP) is 11.2. The summed E-state index contributed by atoms with van der Waals surface area (Å²) < 4.78 is 34.1. The van der Waals surface area contributed by atoms with Crippen molar-refractivity contribution < 1.29 is 42.1 Å². The van der Waals surface area contributed by atoms with Gasteiger partial charge in [0.1, 0.15) is 19.8 Å². The van der Waals surface area contributed by atoms with Crippen LogP contribution in [0.1, 0.15) is 129 Å². The fourth-order valence-corrected chi connectivity index (χ4v) is 5.51. The molecule has 0 aliphatic carbocycles. The molecule has 0 amide bonds. The SMILES string of the molecule is CC/C=C/C=C/C=C/CCCCCCCC(=O)OC(COC(=O)CCC/C=C/C/C=C/C/C=C/C/C=C/CCCCC)COP(=O)(O)OCC[N+](C)(C)C. The Labute approximate surface area is 329 Å². The summed E-state index contributed by atoms with van der Waals surface area (Å²) in [5.74, 6) is -0.900. The van der Waals surface area contributed by atoms with Gasteiger partial charge in [-0.1, -0.05) is 131 Å². The molecule has 0 aromatic rings. The lowest BCUT2D eigenvalue weighted by Crippen LogP contribution is -2.37. The predicted molar refractivity (Wildman–Crippen MR) is 224 cm³/mol. The maximum Gasteiger partial charge on any atom is 0.472 e. The van der Waals surface area contributed by atoms with E-state index in [9.17, 15) is 19.0 Å². The Morgan fingerprint density at radius 1 is 0.611 bits per heavy atom. The molecule has 2 atom stereocenters. The second kappa shape index (κ2) is 35.9. The molecule has 0 spiro atoms. The molecule has 0 aromatic heterocycles. The van der Waals surface area contributed by atoms with E-state index in [4.69, 9.17) is 18.5 Å². The zero-order valence-electron chi connectivity index (χ0n) is 34.4. The molecular formula is C44H75NO8P+. The van der Waals surface area contributed by atoms with Crippen molar-refractivity contribution in [1.82, 2.24) is 0 Å². The highest BCUT2D eigenvalue weighted by Crippen LogP contribution is 2.43. The number of likely N-dealkylation sites (N-methyl/N-ethyl adjacent to an activating group) is 1. The van der Waals surface area contributed by atoms with Crippen LogP contribution in [0.5, 0.6) is 0 Å². The van der Waals surface area contributed by atoms with Gasteiger partial charge in [-0.15, -0.1) is 0 Å².